The summed E-state index contributed by atoms with van der Waals surface area (Å²) in [7, 11) is 6.84. The molecule has 0 aromatic carbocycles. The van der Waals surface area contributed by atoms with Gasteiger partial charge in [0.2, 0.25) is 0 Å². The first-order chi connectivity index (χ1) is 10.5. The van der Waals surface area contributed by atoms with Crippen LogP contribution in [0.1, 0.15) is 71.6 Å². The highest BCUT2D eigenvalue weighted by Crippen LogP contribution is 2.30. The second-order valence-corrected chi connectivity index (χ2v) is 6.71. The van der Waals surface area contributed by atoms with E-state index in [2.05, 4.69) is 13.8 Å². The van der Waals surface area contributed by atoms with Crippen molar-refractivity contribution in [1.82, 2.24) is 0 Å². The molecule has 0 aromatic rings. The topological polar surface area (TPSA) is 36.9 Å². The van der Waals surface area contributed by atoms with E-state index in [0.717, 1.165) is 12.8 Å². The maximum absolute atomic E-state index is 5.38. The average Bonchev–Trinajstić information content (AvgIpc) is 2.50. The quantitative estimate of drug-likeness (QED) is 0.322. The van der Waals surface area contributed by atoms with Crippen LogP contribution in [0.3, 0.4) is 0 Å². The minimum atomic E-state index is -0.109. The highest BCUT2D eigenvalue weighted by molar-refractivity contribution is 4.72. The highest BCUT2D eigenvalue weighted by Gasteiger charge is 2.28. The molecule has 0 aliphatic rings. The normalized spacial score (nSPS) is 12.5. The molecule has 0 N–H and O–H groups in total. The Morgan fingerprint density at radius 1 is 0.636 bits per heavy atom. The summed E-state index contributed by atoms with van der Waals surface area (Å²) in [4.78, 5) is 0. The molecule has 4 heteroatoms. The van der Waals surface area contributed by atoms with Gasteiger partial charge in [-0.15, -0.1) is 0 Å². The Morgan fingerprint density at radius 2 is 1.09 bits per heavy atom. The van der Waals surface area contributed by atoms with Gasteiger partial charge in [0.15, 0.2) is 12.6 Å². The molecule has 4 nitrogen and oxygen atoms in total. The predicted octanol–water partition coefficient (Wildman–Crippen LogP) is 4.76. The summed E-state index contributed by atoms with van der Waals surface area (Å²) in [5.41, 5.74) is 0.0822. The SMILES string of the molecule is COC(CCCCCCCCCC(C)(C)C(OC)OC)OC. The van der Waals surface area contributed by atoms with Crippen molar-refractivity contribution in [2.45, 2.75) is 84.2 Å². The largest absolute Gasteiger partial charge is 0.356 e. The molecule has 0 rings (SSSR count). The van der Waals surface area contributed by atoms with Crippen LogP contribution in [0.4, 0.5) is 0 Å². The molecule has 0 atom stereocenters. The first-order valence-electron chi connectivity index (χ1n) is 8.63. The number of rotatable bonds is 15. The van der Waals surface area contributed by atoms with Gasteiger partial charge in [0, 0.05) is 33.9 Å². The first kappa shape index (κ1) is 21.8. The van der Waals surface area contributed by atoms with Gasteiger partial charge in [0.1, 0.15) is 0 Å². The van der Waals surface area contributed by atoms with Crippen molar-refractivity contribution >= 4 is 0 Å². The summed E-state index contributed by atoms with van der Waals surface area (Å²) in [5, 5.41) is 0. The minimum Gasteiger partial charge on any atom is -0.356 e. The standard InChI is InChI=1S/C18H38O4/c1-18(2,17(21-5)22-6)15-13-11-9-7-8-10-12-14-16(19-3)20-4/h16-17H,7-15H2,1-6H3. The molecular formula is C18H38O4. The van der Waals surface area contributed by atoms with Crippen LogP contribution in [0, 0.1) is 5.41 Å². The van der Waals surface area contributed by atoms with Crippen LogP contribution in [-0.2, 0) is 18.9 Å². The van der Waals surface area contributed by atoms with E-state index in [1.165, 1.54) is 44.9 Å². The molecule has 0 aliphatic heterocycles. The van der Waals surface area contributed by atoms with Gasteiger partial charge in [-0.3, -0.25) is 0 Å². The zero-order valence-corrected chi connectivity index (χ0v) is 15.7. The summed E-state index contributed by atoms with van der Waals surface area (Å²) in [6, 6.07) is 0. The third-order valence-electron chi connectivity index (χ3n) is 4.35. The van der Waals surface area contributed by atoms with E-state index < -0.39 is 0 Å². The second-order valence-electron chi connectivity index (χ2n) is 6.71. The van der Waals surface area contributed by atoms with E-state index in [4.69, 9.17) is 18.9 Å². The Kier molecular flexibility index (Phi) is 13.2. The first-order valence-corrected chi connectivity index (χ1v) is 8.63. The highest BCUT2D eigenvalue weighted by atomic mass is 16.7. The third-order valence-corrected chi connectivity index (χ3v) is 4.35. The molecule has 134 valence electrons. The summed E-state index contributed by atoms with van der Waals surface area (Å²) in [5.74, 6) is 0. The molecule has 0 aromatic heterocycles. The van der Waals surface area contributed by atoms with E-state index in [1.807, 2.05) is 0 Å². The fourth-order valence-corrected chi connectivity index (χ4v) is 2.96. The Labute approximate surface area is 137 Å². The molecule has 22 heavy (non-hydrogen) atoms. The lowest BCUT2D eigenvalue weighted by molar-refractivity contribution is -0.169. The number of unbranched alkanes of at least 4 members (excludes halogenated alkanes) is 6. The number of methoxy groups -OCH3 is 4. The zero-order valence-electron chi connectivity index (χ0n) is 15.7. The van der Waals surface area contributed by atoms with Gasteiger partial charge in [-0.2, -0.15) is 0 Å². The van der Waals surface area contributed by atoms with Crippen molar-refractivity contribution in [2.24, 2.45) is 5.41 Å². The van der Waals surface area contributed by atoms with Crippen molar-refractivity contribution in [3.05, 3.63) is 0 Å². The van der Waals surface area contributed by atoms with E-state index in [1.54, 1.807) is 28.4 Å². The average molecular weight is 318 g/mol. The van der Waals surface area contributed by atoms with Crippen LogP contribution >= 0.6 is 0 Å². The Bertz CT molecular complexity index is 235. The van der Waals surface area contributed by atoms with Crippen molar-refractivity contribution in [3.8, 4) is 0 Å². The molecule has 0 saturated heterocycles. The van der Waals surface area contributed by atoms with Crippen molar-refractivity contribution in [3.63, 3.8) is 0 Å². The van der Waals surface area contributed by atoms with Gasteiger partial charge in [-0.05, 0) is 19.3 Å². The van der Waals surface area contributed by atoms with Crippen LogP contribution in [0.15, 0.2) is 0 Å². The lowest BCUT2D eigenvalue weighted by atomic mass is 9.86. The summed E-state index contributed by atoms with van der Waals surface area (Å²) >= 11 is 0. The van der Waals surface area contributed by atoms with E-state index >= 15 is 0 Å². The predicted molar refractivity (Wildman–Crippen MR) is 90.9 cm³/mol. The fraction of sp³-hybridized carbons (Fsp3) is 1.00. The van der Waals surface area contributed by atoms with E-state index in [-0.39, 0.29) is 18.0 Å². The summed E-state index contributed by atoms with van der Waals surface area (Å²) in [6.07, 6.45) is 10.9. The molecule has 0 saturated carbocycles. The van der Waals surface area contributed by atoms with Crippen molar-refractivity contribution < 1.29 is 18.9 Å². The van der Waals surface area contributed by atoms with Crippen LogP contribution in [-0.4, -0.2) is 41.0 Å². The second kappa shape index (κ2) is 13.3. The summed E-state index contributed by atoms with van der Waals surface area (Å²) < 4.78 is 21.1. The molecule has 0 heterocycles. The van der Waals surface area contributed by atoms with Gasteiger partial charge < -0.3 is 18.9 Å². The number of ether oxygens (including phenoxy) is 4. The summed E-state index contributed by atoms with van der Waals surface area (Å²) in [6.45, 7) is 4.43. The maximum Gasteiger partial charge on any atom is 0.161 e. The minimum absolute atomic E-state index is 0.0308. The third kappa shape index (κ3) is 9.78. The molecule has 0 spiro atoms. The lowest BCUT2D eigenvalue weighted by Crippen LogP contribution is -2.32. The molecule has 0 amide bonds. The van der Waals surface area contributed by atoms with Gasteiger partial charge >= 0.3 is 0 Å². The molecule has 0 aliphatic carbocycles. The van der Waals surface area contributed by atoms with Gasteiger partial charge in [0.05, 0.1) is 0 Å². The Morgan fingerprint density at radius 3 is 1.55 bits per heavy atom. The number of hydrogen-bond acceptors (Lipinski definition) is 4. The van der Waals surface area contributed by atoms with Crippen molar-refractivity contribution in [2.75, 3.05) is 28.4 Å². The van der Waals surface area contributed by atoms with Gasteiger partial charge in [-0.25, -0.2) is 0 Å². The van der Waals surface area contributed by atoms with Crippen LogP contribution < -0.4 is 0 Å². The lowest BCUT2D eigenvalue weighted by Gasteiger charge is -2.32. The van der Waals surface area contributed by atoms with Gasteiger partial charge in [-0.1, -0.05) is 52.4 Å². The van der Waals surface area contributed by atoms with Crippen LogP contribution in [0.5, 0.6) is 0 Å². The van der Waals surface area contributed by atoms with Gasteiger partial charge in [0.25, 0.3) is 0 Å². The zero-order chi connectivity index (χ0) is 16.8. The number of hydrogen-bond donors (Lipinski definition) is 0. The Hall–Kier alpha value is -0.160. The van der Waals surface area contributed by atoms with E-state index in [0.29, 0.717) is 0 Å². The monoisotopic (exact) mass is 318 g/mol. The molecule has 0 bridgehead atoms. The maximum atomic E-state index is 5.38. The Balaban J connectivity index is 3.50. The smallest absolute Gasteiger partial charge is 0.161 e. The van der Waals surface area contributed by atoms with E-state index in [9.17, 15) is 0 Å². The van der Waals surface area contributed by atoms with Crippen molar-refractivity contribution in [1.29, 1.82) is 0 Å². The van der Waals surface area contributed by atoms with Crippen LogP contribution in [0.25, 0.3) is 0 Å². The molecule has 0 unspecified atom stereocenters. The molecular weight excluding hydrogens is 280 g/mol. The molecule has 0 fully saturated rings. The fourth-order valence-electron chi connectivity index (χ4n) is 2.96. The molecule has 0 radical (unpaired) electrons. The van der Waals surface area contributed by atoms with Crippen LogP contribution in [0.2, 0.25) is 0 Å².